The Bertz CT molecular complexity index is 365. The molecule has 0 saturated heterocycles. The van der Waals surface area contributed by atoms with Crippen LogP contribution in [0.2, 0.25) is 0 Å². The van der Waals surface area contributed by atoms with Crippen LogP contribution in [-0.4, -0.2) is 29.5 Å². The third-order valence-electron chi connectivity index (χ3n) is 3.89. The average Bonchev–Trinajstić information content (AvgIpc) is 2.42. The molecule has 0 bridgehead atoms. The van der Waals surface area contributed by atoms with E-state index in [-0.39, 0.29) is 0 Å². The third-order valence-corrected chi connectivity index (χ3v) is 3.89. The molecule has 1 atom stereocenters. The summed E-state index contributed by atoms with van der Waals surface area (Å²) in [7, 11) is 2.16. The maximum absolute atomic E-state index is 5.94. The van der Waals surface area contributed by atoms with Crippen LogP contribution < -0.4 is 5.73 Å². The summed E-state index contributed by atoms with van der Waals surface area (Å²) in [6.07, 6.45) is 7.84. The summed E-state index contributed by atoms with van der Waals surface area (Å²) in [5.74, 6) is 0. The van der Waals surface area contributed by atoms with Crippen LogP contribution in [0.15, 0.2) is 18.2 Å². The monoisotopic (exact) mass is 277 g/mol. The van der Waals surface area contributed by atoms with Crippen LogP contribution in [0.1, 0.15) is 56.8 Å². The molecule has 1 aromatic heterocycles. The van der Waals surface area contributed by atoms with Crippen LogP contribution in [0.3, 0.4) is 0 Å². The van der Waals surface area contributed by atoms with Crippen molar-refractivity contribution in [1.82, 2.24) is 9.88 Å². The number of nitrogens with two attached hydrogens (primary N) is 1. The van der Waals surface area contributed by atoms with E-state index in [2.05, 4.69) is 36.0 Å². The Kier molecular flexibility index (Phi) is 8.47. The number of pyridine rings is 1. The molecule has 0 spiro atoms. The molecule has 3 nitrogen and oxygen atoms in total. The van der Waals surface area contributed by atoms with Crippen LogP contribution >= 0.6 is 0 Å². The smallest absolute Gasteiger partial charge is 0.0547 e. The standard InChI is InChI=1S/C17H31N3/c1-4-5-6-7-8-12-17(13-18)20(3)14-16-11-9-10-15(2)19-16/h9-11,17H,4-8,12-14,18H2,1-3H3. The van der Waals surface area contributed by atoms with Gasteiger partial charge in [-0.2, -0.15) is 0 Å². The predicted octanol–water partition coefficient (Wildman–Crippen LogP) is 3.51. The predicted molar refractivity (Wildman–Crippen MR) is 86.7 cm³/mol. The van der Waals surface area contributed by atoms with Gasteiger partial charge in [-0.15, -0.1) is 0 Å². The van der Waals surface area contributed by atoms with Crippen molar-refractivity contribution >= 4 is 0 Å². The number of hydrogen-bond donors (Lipinski definition) is 1. The molecule has 0 amide bonds. The van der Waals surface area contributed by atoms with Crippen molar-refractivity contribution in [3.8, 4) is 0 Å². The summed E-state index contributed by atoms with van der Waals surface area (Å²) < 4.78 is 0. The third kappa shape index (κ3) is 6.49. The molecule has 1 rings (SSSR count). The molecule has 1 aromatic rings. The van der Waals surface area contributed by atoms with E-state index in [9.17, 15) is 0 Å². The Morgan fingerprint density at radius 3 is 2.60 bits per heavy atom. The number of hydrogen-bond acceptors (Lipinski definition) is 3. The van der Waals surface area contributed by atoms with Crippen molar-refractivity contribution in [3.63, 3.8) is 0 Å². The number of aryl methyl sites for hydroxylation is 1. The second-order valence-corrected chi connectivity index (χ2v) is 5.78. The summed E-state index contributed by atoms with van der Waals surface area (Å²) in [5, 5.41) is 0. The molecule has 0 radical (unpaired) electrons. The highest BCUT2D eigenvalue weighted by atomic mass is 15.1. The van der Waals surface area contributed by atoms with Crippen molar-refractivity contribution in [2.45, 2.75) is 65.0 Å². The van der Waals surface area contributed by atoms with Crippen LogP contribution in [0.25, 0.3) is 0 Å². The van der Waals surface area contributed by atoms with E-state index in [0.29, 0.717) is 6.04 Å². The fourth-order valence-corrected chi connectivity index (χ4v) is 2.57. The lowest BCUT2D eigenvalue weighted by Gasteiger charge is -2.26. The van der Waals surface area contributed by atoms with Crippen LogP contribution in [-0.2, 0) is 6.54 Å². The summed E-state index contributed by atoms with van der Waals surface area (Å²) in [4.78, 5) is 6.92. The first kappa shape index (κ1) is 17.1. The molecule has 0 aliphatic carbocycles. The minimum atomic E-state index is 0.471. The highest BCUT2D eigenvalue weighted by molar-refractivity contribution is 5.09. The number of aromatic nitrogens is 1. The van der Waals surface area contributed by atoms with E-state index >= 15 is 0 Å². The summed E-state index contributed by atoms with van der Waals surface area (Å²) in [5.41, 5.74) is 8.16. The summed E-state index contributed by atoms with van der Waals surface area (Å²) >= 11 is 0. The van der Waals surface area contributed by atoms with Crippen LogP contribution in [0, 0.1) is 6.92 Å². The van der Waals surface area contributed by atoms with Gasteiger partial charge < -0.3 is 5.73 Å². The van der Waals surface area contributed by atoms with E-state index < -0.39 is 0 Å². The van der Waals surface area contributed by atoms with Gasteiger partial charge in [-0.1, -0.05) is 45.1 Å². The van der Waals surface area contributed by atoms with E-state index in [1.807, 2.05) is 13.0 Å². The molecular formula is C17H31N3. The molecule has 1 heterocycles. The molecule has 0 saturated carbocycles. The van der Waals surface area contributed by atoms with Gasteiger partial charge >= 0.3 is 0 Å². The first-order valence-electron chi connectivity index (χ1n) is 8.00. The molecule has 20 heavy (non-hydrogen) atoms. The highest BCUT2D eigenvalue weighted by Crippen LogP contribution is 2.12. The fourth-order valence-electron chi connectivity index (χ4n) is 2.57. The molecule has 2 N–H and O–H groups in total. The van der Waals surface area contributed by atoms with Gasteiger partial charge in [-0.05, 0) is 32.5 Å². The second-order valence-electron chi connectivity index (χ2n) is 5.78. The van der Waals surface area contributed by atoms with E-state index in [4.69, 9.17) is 5.73 Å². The molecule has 0 aliphatic rings. The minimum Gasteiger partial charge on any atom is -0.329 e. The van der Waals surface area contributed by atoms with Crippen molar-refractivity contribution in [3.05, 3.63) is 29.6 Å². The maximum Gasteiger partial charge on any atom is 0.0547 e. The largest absolute Gasteiger partial charge is 0.329 e. The quantitative estimate of drug-likeness (QED) is 0.665. The van der Waals surface area contributed by atoms with Gasteiger partial charge in [0.2, 0.25) is 0 Å². The fraction of sp³-hybridized carbons (Fsp3) is 0.706. The van der Waals surface area contributed by atoms with E-state index in [1.165, 1.54) is 38.5 Å². The lowest BCUT2D eigenvalue weighted by atomic mass is 10.1. The zero-order valence-corrected chi connectivity index (χ0v) is 13.4. The second kappa shape index (κ2) is 9.89. The number of likely N-dealkylation sites (N-methyl/N-ethyl adjacent to an activating group) is 1. The average molecular weight is 277 g/mol. The molecule has 3 heteroatoms. The van der Waals surface area contributed by atoms with Crippen molar-refractivity contribution in [1.29, 1.82) is 0 Å². The Morgan fingerprint density at radius 2 is 1.95 bits per heavy atom. The SMILES string of the molecule is CCCCCCCC(CN)N(C)Cc1cccc(C)n1. The van der Waals surface area contributed by atoms with Gasteiger partial charge in [0, 0.05) is 24.8 Å². The first-order chi connectivity index (χ1) is 9.67. The van der Waals surface area contributed by atoms with E-state index in [0.717, 1.165) is 24.5 Å². The summed E-state index contributed by atoms with van der Waals surface area (Å²) in [6, 6.07) is 6.68. The number of nitrogens with zero attached hydrogens (tertiary/aromatic N) is 2. The first-order valence-corrected chi connectivity index (χ1v) is 8.00. The lowest BCUT2D eigenvalue weighted by molar-refractivity contribution is 0.220. The number of rotatable bonds is 10. The molecule has 0 aromatic carbocycles. The van der Waals surface area contributed by atoms with Gasteiger partial charge in [-0.3, -0.25) is 9.88 Å². The highest BCUT2D eigenvalue weighted by Gasteiger charge is 2.13. The molecule has 114 valence electrons. The van der Waals surface area contributed by atoms with Gasteiger partial charge in [0.15, 0.2) is 0 Å². The minimum absolute atomic E-state index is 0.471. The van der Waals surface area contributed by atoms with Gasteiger partial charge in [0.05, 0.1) is 5.69 Å². The van der Waals surface area contributed by atoms with Gasteiger partial charge in [0.25, 0.3) is 0 Å². The van der Waals surface area contributed by atoms with Crippen molar-refractivity contribution in [2.24, 2.45) is 5.73 Å². The Morgan fingerprint density at radius 1 is 1.20 bits per heavy atom. The van der Waals surface area contributed by atoms with Crippen molar-refractivity contribution < 1.29 is 0 Å². The van der Waals surface area contributed by atoms with E-state index in [1.54, 1.807) is 0 Å². The Labute approximate surface area is 124 Å². The Hall–Kier alpha value is -0.930. The van der Waals surface area contributed by atoms with Crippen molar-refractivity contribution in [2.75, 3.05) is 13.6 Å². The normalized spacial score (nSPS) is 12.8. The van der Waals surface area contributed by atoms with Crippen LogP contribution in [0.5, 0.6) is 0 Å². The lowest BCUT2D eigenvalue weighted by Crippen LogP contribution is -2.37. The molecule has 0 fully saturated rings. The van der Waals surface area contributed by atoms with Gasteiger partial charge in [0.1, 0.15) is 0 Å². The zero-order chi connectivity index (χ0) is 14.8. The molecule has 0 aliphatic heterocycles. The summed E-state index contributed by atoms with van der Waals surface area (Å²) in [6.45, 7) is 5.91. The zero-order valence-electron chi connectivity index (χ0n) is 13.4. The van der Waals surface area contributed by atoms with Gasteiger partial charge in [-0.25, -0.2) is 0 Å². The number of unbranched alkanes of at least 4 members (excludes halogenated alkanes) is 4. The topological polar surface area (TPSA) is 42.1 Å². The van der Waals surface area contributed by atoms with Crippen LogP contribution in [0.4, 0.5) is 0 Å². The molecule has 1 unspecified atom stereocenters. The Balaban J connectivity index is 2.36. The molecular weight excluding hydrogens is 246 g/mol. The maximum atomic E-state index is 5.94.